The van der Waals surface area contributed by atoms with Crippen LogP contribution in [0.25, 0.3) is 33.6 Å². The normalized spacial score (nSPS) is 21.2. The number of likely N-dealkylation sites (N-methyl/N-ethyl adjacent to an activating group) is 2. The van der Waals surface area contributed by atoms with Crippen molar-refractivity contribution in [1.82, 2.24) is 49.0 Å². The predicted octanol–water partition coefficient (Wildman–Crippen LogP) is 4.13. The van der Waals surface area contributed by atoms with Crippen LogP contribution in [-0.2, 0) is 19.1 Å². The van der Waals surface area contributed by atoms with Gasteiger partial charge in [0, 0.05) is 75.1 Å². The Balaban J connectivity index is 0.000000157. The van der Waals surface area contributed by atoms with Crippen molar-refractivity contribution in [1.29, 1.82) is 0 Å². The summed E-state index contributed by atoms with van der Waals surface area (Å²) in [4.78, 5) is 70.0. The Kier molecular flexibility index (Phi) is 10.0. The molecule has 2 fully saturated rings. The van der Waals surface area contributed by atoms with Gasteiger partial charge in [0.25, 0.3) is 11.8 Å². The molecule has 57 heavy (non-hydrogen) atoms. The summed E-state index contributed by atoms with van der Waals surface area (Å²) in [5.74, 6) is 3.92. The third kappa shape index (κ3) is 5.96. The van der Waals surface area contributed by atoms with Gasteiger partial charge in [-0.3, -0.25) is 18.7 Å². The van der Waals surface area contributed by atoms with E-state index in [0.29, 0.717) is 87.3 Å². The number of imidazole rings is 2. The zero-order valence-electron chi connectivity index (χ0n) is 31.1. The quantitative estimate of drug-likeness (QED) is 0.235. The first-order valence-electron chi connectivity index (χ1n) is 18.2. The van der Waals surface area contributed by atoms with Gasteiger partial charge in [-0.2, -0.15) is 9.97 Å². The molecule has 20 heteroatoms. The van der Waals surface area contributed by atoms with Gasteiger partial charge in [-0.1, -0.05) is 21.3 Å². The topological polar surface area (TPSA) is 179 Å². The summed E-state index contributed by atoms with van der Waals surface area (Å²) in [6.07, 6.45) is 15.3. The molecule has 2 atom stereocenters. The van der Waals surface area contributed by atoms with Gasteiger partial charge in [0.15, 0.2) is 33.3 Å². The number of nitrogens with zero attached hydrogens (tertiary/aromatic N) is 14. The number of morpholine rings is 2. The van der Waals surface area contributed by atoms with Crippen LogP contribution in [0.5, 0.6) is 0 Å². The van der Waals surface area contributed by atoms with Crippen molar-refractivity contribution in [2.45, 2.75) is 45.2 Å². The zero-order chi connectivity index (χ0) is 38.6. The molecule has 0 spiro atoms. The maximum atomic E-state index is 13.1. The van der Waals surface area contributed by atoms with E-state index in [1.807, 2.05) is 46.1 Å². The predicted molar refractivity (Wildman–Crippen MR) is 216 cm³/mol. The molecule has 0 radical (unpaired) electrons. The molecule has 296 valence electrons. The molecule has 4 aliphatic rings. The van der Waals surface area contributed by atoms with E-state index in [1.165, 1.54) is 22.7 Å². The molecule has 0 saturated carbocycles. The summed E-state index contributed by atoms with van der Waals surface area (Å²) in [5, 5.41) is 5.42. The van der Waals surface area contributed by atoms with Crippen LogP contribution in [0.3, 0.4) is 0 Å². The number of thiazole rings is 2. The molecule has 2 amide bonds. The van der Waals surface area contributed by atoms with Crippen molar-refractivity contribution in [2.24, 2.45) is 0 Å². The van der Waals surface area contributed by atoms with Crippen molar-refractivity contribution in [3.05, 3.63) is 60.3 Å². The Morgan fingerprint density at radius 1 is 0.649 bits per heavy atom. The number of hydrogen-bond donors (Lipinski definition) is 0. The van der Waals surface area contributed by atoms with E-state index in [-0.39, 0.29) is 19.2 Å². The van der Waals surface area contributed by atoms with Crippen LogP contribution in [0.1, 0.15) is 34.1 Å². The number of carbonyl (C=O) groups excluding carboxylic acids is 2. The molecular formula is C37H42N14O4S2. The molecular weight excluding hydrogens is 769 g/mol. The maximum Gasteiger partial charge on any atom is 0.255 e. The first kappa shape index (κ1) is 38.2. The molecule has 6 aromatic rings. The third-order valence-corrected chi connectivity index (χ3v) is 12.4. The molecule has 0 unspecified atom stereocenters. The smallest absolute Gasteiger partial charge is 0.255 e. The molecule has 0 aromatic carbocycles. The second kappa shape index (κ2) is 15.0. The van der Waals surface area contributed by atoms with Gasteiger partial charge < -0.3 is 29.1 Å². The summed E-state index contributed by atoms with van der Waals surface area (Å²) < 4.78 is 15.0. The molecule has 6 aromatic heterocycles. The van der Waals surface area contributed by atoms with E-state index >= 15 is 0 Å². The van der Waals surface area contributed by atoms with Crippen LogP contribution < -0.4 is 19.6 Å². The van der Waals surface area contributed by atoms with Crippen LogP contribution >= 0.6 is 22.7 Å². The fourth-order valence-electron chi connectivity index (χ4n) is 7.81. The molecule has 0 aliphatic carbocycles. The van der Waals surface area contributed by atoms with Gasteiger partial charge in [0.05, 0.1) is 38.8 Å². The molecule has 2 saturated heterocycles. The van der Waals surface area contributed by atoms with E-state index in [4.69, 9.17) is 19.4 Å². The first-order chi connectivity index (χ1) is 27.3. The highest BCUT2D eigenvalue weighted by Gasteiger charge is 2.53. The summed E-state index contributed by atoms with van der Waals surface area (Å²) >= 11 is 3.02. The number of aromatic nitrogens is 10. The van der Waals surface area contributed by atoms with Crippen molar-refractivity contribution < 1.29 is 19.1 Å². The highest BCUT2D eigenvalue weighted by Crippen LogP contribution is 2.43. The molecule has 10 rings (SSSR count). The molecule has 18 nitrogen and oxygen atoms in total. The molecule has 0 bridgehead atoms. The Bertz CT molecular complexity index is 2240. The second-order valence-corrected chi connectivity index (χ2v) is 15.4. The number of ether oxygens (including phenoxy) is 2. The number of anilines is 4. The minimum Gasteiger partial charge on any atom is -0.377 e. The Labute approximate surface area is 336 Å². The highest BCUT2D eigenvalue weighted by atomic mass is 32.1. The fraction of sp³-hybridized carbons (Fsp3) is 0.405. The minimum atomic E-state index is -0.724. The van der Waals surface area contributed by atoms with E-state index < -0.39 is 11.1 Å². The fourth-order valence-corrected chi connectivity index (χ4v) is 9.07. The summed E-state index contributed by atoms with van der Waals surface area (Å²) in [6, 6.07) is 0. The second-order valence-electron chi connectivity index (χ2n) is 13.6. The Morgan fingerprint density at radius 2 is 1.09 bits per heavy atom. The van der Waals surface area contributed by atoms with Gasteiger partial charge in [0.2, 0.25) is 11.9 Å². The van der Waals surface area contributed by atoms with E-state index in [1.54, 1.807) is 61.1 Å². The van der Waals surface area contributed by atoms with E-state index in [2.05, 4.69) is 39.7 Å². The molecule has 0 N–H and O–H groups in total. The van der Waals surface area contributed by atoms with Crippen LogP contribution in [-0.4, -0.2) is 126 Å². The van der Waals surface area contributed by atoms with Crippen molar-refractivity contribution in [2.75, 3.05) is 73.2 Å². The molecule has 10 heterocycles. The largest absolute Gasteiger partial charge is 0.377 e. The summed E-state index contributed by atoms with van der Waals surface area (Å²) in [7, 11) is 3.54. The van der Waals surface area contributed by atoms with Crippen molar-refractivity contribution >= 4 is 57.5 Å². The first-order valence-corrected chi connectivity index (χ1v) is 20.0. The Morgan fingerprint density at radius 3 is 1.47 bits per heavy atom. The van der Waals surface area contributed by atoms with Gasteiger partial charge in [-0.05, 0) is 12.8 Å². The number of amides is 2. The molecule has 4 aliphatic heterocycles. The lowest BCUT2D eigenvalue weighted by molar-refractivity contribution is -0.129. The average Bonchev–Trinajstić information content (AvgIpc) is 4.10. The maximum absolute atomic E-state index is 13.1. The van der Waals surface area contributed by atoms with Crippen LogP contribution in [0.15, 0.2) is 60.3 Å². The van der Waals surface area contributed by atoms with Crippen molar-refractivity contribution in [3.63, 3.8) is 0 Å². The van der Waals surface area contributed by atoms with Crippen LogP contribution in [0.2, 0.25) is 0 Å². The summed E-state index contributed by atoms with van der Waals surface area (Å²) in [6.45, 7) is 7.09. The lowest BCUT2D eigenvalue weighted by Crippen LogP contribution is -2.68. The van der Waals surface area contributed by atoms with Gasteiger partial charge >= 0.3 is 0 Å². The van der Waals surface area contributed by atoms with Gasteiger partial charge in [0.1, 0.15) is 22.5 Å². The lowest BCUT2D eigenvalue weighted by Gasteiger charge is -2.51. The van der Waals surface area contributed by atoms with Crippen LogP contribution in [0.4, 0.5) is 23.0 Å². The highest BCUT2D eigenvalue weighted by molar-refractivity contribution is 7.13. The number of hydrogen-bond acceptors (Lipinski definition) is 16. The number of fused-ring (bicyclic) bond motifs is 6. The van der Waals surface area contributed by atoms with Crippen molar-refractivity contribution in [3.8, 4) is 33.6 Å². The third-order valence-electron chi connectivity index (χ3n) is 10.9. The monoisotopic (exact) mass is 810 g/mol. The van der Waals surface area contributed by atoms with E-state index in [9.17, 15) is 9.59 Å². The summed E-state index contributed by atoms with van der Waals surface area (Å²) in [5.41, 5.74) is -0.0384. The average molecular weight is 811 g/mol. The lowest BCUT2D eigenvalue weighted by atomic mass is 9.89. The van der Waals surface area contributed by atoms with Crippen LogP contribution in [0, 0.1) is 0 Å². The van der Waals surface area contributed by atoms with Gasteiger partial charge in [-0.15, -0.1) is 22.7 Å². The number of carbonyl (C=O) groups is 2. The standard InChI is InChI=1S/2C18H19N7O2S.CH4/c2*1-3-18-11-27-8-7-25(18)13-12(23(2)16(18)26)10-21-17(22-13)24-6-4-19-14(24)15-20-5-9-28-15;/h2*4-6,9-10H,3,7-8,11H2,1-2H3;1H4/t2*18-;/m10./s1. The SMILES string of the molecule is C.CC[C@@]12COCCN1c1nc(-n3ccnc3-c3nccs3)ncc1N(C)C2=O.CC[C@]12COCCN1c1nc(-n3ccnc3-c3nccs3)ncc1N(C)C2=O. The zero-order valence-corrected chi connectivity index (χ0v) is 32.8. The Hall–Kier alpha value is -5.70. The number of rotatable bonds is 6. The minimum absolute atomic E-state index is 0. The van der Waals surface area contributed by atoms with Gasteiger partial charge in [-0.25, -0.2) is 29.9 Å². The van der Waals surface area contributed by atoms with E-state index in [0.717, 1.165) is 21.7 Å².